The number of hydrogen-bond acceptors (Lipinski definition) is 4. The Balaban J connectivity index is 1.30. The largest absolute Gasteiger partial charge is 0.464 e. The fourth-order valence-corrected chi connectivity index (χ4v) is 4.53. The fourth-order valence-electron chi connectivity index (χ4n) is 4.53. The van der Waals surface area contributed by atoms with Crippen molar-refractivity contribution in [3.05, 3.63) is 149 Å². The lowest BCUT2D eigenvalue weighted by atomic mass is 10.0. The van der Waals surface area contributed by atoms with Gasteiger partial charge in [-0.25, -0.2) is 0 Å². The van der Waals surface area contributed by atoms with Gasteiger partial charge in [-0.2, -0.15) is 13.2 Å². The maximum Gasteiger partial charge on any atom is 0.416 e. The molecule has 0 unspecified atom stereocenters. The molecule has 1 heterocycles. The second-order valence-corrected chi connectivity index (χ2v) is 10.3. The van der Waals surface area contributed by atoms with Crippen LogP contribution in [-0.4, -0.2) is 17.6 Å². The van der Waals surface area contributed by atoms with Crippen molar-refractivity contribution in [1.29, 1.82) is 0 Å². The number of ketones is 1. The molecule has 0 saturated carbocycles. The Bertz CT molecular complexity index is 1860. The number of benzene rings is 4. The molecule has 5 aromatic rings. The van der Waals surface area contributed by atoms with Crippen molar-refractivity contribution >= 4 is 35.0 Å². The van der Waals surface area contributed by atoms with Crippen molar-refractivity contribution in [1.82, 2.24) is 0 Å². The third-order valence-electron chi connectivity index (χ3n) is 6.89. The molecule has 0 fully saturated rings. The van der Waals surface area contributed by atoms with Crippen molar-refractivity contribution in [2.45, 2.75) is 19.5 Å². The fraction of sp³-hybridized carbons (Fsp3) is 0.0833. The van der Waals surface area contributed by atoms with E-state index in [4.69, 9.17) is 4.42 Å². The molecular weight excluding hydrogens is 581 g/mol. The maximum absolute atomic E-state index is 13.4. The van der Waals surface area contributed by atoms with E-state index in [0.29, 0.717) is 33.8 Å². The number of alkyl halides is 3. The van der Waals surface area contributed by atoms with Crippen molar-refractivity contribution in [3.8, 4) is 11.1 Å². The molecule has 0 spiro atoms. The Labute approximate surface area is 257 Å². The van der Waals surface area contributed by atoms with Crippen molar-refractivity contribution < 1.29 is 32.0 Å². The van der Waals surface area contributed by atoms with Gasteiger partial charge in [0.1, 0.15) is 5.76 Å². The molecule has 6 nitrogen and oxygen atoms in total. The van der Waals surface area contributed by atoms with Gasteiger partial charge in [0.2, 0.25) is 11.8 Å². The van der Waals surface area contributed by atoms with Gasteiger partial charge in [0.25, 0.3) is 0 Å². The number of halogens is 3. The summed E-state index contributed by atoms with van der Waals surface area (Å²) in [6, 6.07) is 27.1. The molecule has 0 bridgehead atoms. The Hall–Kier alpha value is -5.70. The predicted octanol–water partition coefficient (Wildman–Crippen LogP) is 8.34. The Morgan fingerprint density at radius 3 is 2.20 bits per heavy atom. The van der Waals surface area contributed by atoms with Crippen molar-refractivity contribution in [2.24, 2.45) is 0 Å². The standard InChI is InChI=1S/C36H27F3N2O4/c1-23-7-9-24(10-8-23)19-34(43)41-32-17-15-29(21-31(32)35(44)26-5-3-2-4-6-26)40-33(42)18-16-30-20-27(22-45-30)25-11-13-28(14-12-25)36(37,38)39/h2-18,20-22H,19H2,1H3,(H,40,42)(H,41,43)/b18-16+. The average Bonchev–Trinajstić information content (AvgIpc) is 3.51. The summed E-state index contributed by atoms with van der Waals surface area (Å²) in [5.74, 6) is -0.836. The van der Waals surface area contributed by atoms with Gasteiger partial charge >= 0.3 is 6.18 Å². The number of amides is 2. The summed E-state index contributed by atoms with van der Waals surface area (Å²) in [6.45, 7) is 1.96. The minimum absolute atomic E-state index is 0.121. The molecule has 5 rings (SSSR count). The van der Waals surface area contributed by atoms with E-state index < -0.39 is 17.6 Å². The normalized spacial score (nSPS) is 11.4. The van der Waals surface area contributed by atoms with E-state index in [9.17, 15) is 27.6 Å². The van der Waals surface area contributed by atoms with Gasteiger partial charge in [-0.05, 0) is 60.5 Å². The number of furan rings is 1. The third-order valence-corrected chi connectivity index (χ3v) is 6.89. The zero-order valence-electron chi connectivity index (χ0n) is 24.0. The summed E-state index contributed by atoms with van der Waals surface area (Å²) in [7, 11) is 0. The van der Waals surface area contributed by atoms with Crippen LogP contribution in [0.25, 0.3) is 17.2 Å². The molecule has 0 aliphatic rings. The van der Waals surface area contributed by atoms with Gasteiger partial charge in [-0.1, -0.05) is 72.3 Å². The van der Waals surface area contributed by atoms with Crippen LogP contribution in [0.5, 0.6) is 0 Å². The molecule has 4 aromatic carbocycles. The number of rotatable bonds is 9. The van der Waals surface area contributed by atoms with E-state index in [2.05, 4.69) is 10.6 Å². The number of nitrogens with one attached hydrogen (secondary N) is 2. The van der Waals surface area contributed by atoms with E-state index in [1.165, 1.54) is 36.6 Å². The monoisotopic (exact) mass is 608 g/mol. The van der Waals surface area contributed by atoms with Crippen LogP contribution in [0.3, 0.4) is 0 Å². The van der Waals surface area contributed by atoms with Gasteiger partial charge in [0, 0.05) is 28.5 Å². The van der Waals surface area contributed by atoms with Crippen LogP contribution in [0.15, 0.2) is 120 Å². The summed E-state index contributed by atoms with van der Waals surface area (Å²) in [4.78, 5) is 39.0. The van der Waals surface area contributed by atoms with Crippen LogP contribution >= 0.6 is 0 Å². The van der Waals surface area contributed by atoms with Gasteiger partial charge < -0.3 is 15.1 Å². The average molecular weight is 609 g/mol. The molecule has 9 heteroatoms. The molecule has 2 N–H and O–H groups in total. The van der Waals surface area contributed by atoms with Crippen LogP contribution in [0.4, 0.5) is 24.5 Å². The summed E-state index contributed by atoms with van der Waals surface area (Å²) in [5.41, 5.74) is 3.47. The lowest BCUT2D eigenvalue weighted by Crippen LogP contribution is -2.18. The Morgan fingerprint density at radius 1 is 0.800 bits per heavy atom. The number of carbonyl (C=O) groups excluding carboxylic acids is 3. The van der Waals surface area contributed by atoms with Crippen LogP contribution < -0.4 is 10.6 Å². The van der Waals surface area contributed by atoms with Gasteiger partial charge in [-0.3, -0.25) is 14.4 Å². The molecule has 45 heavy (non-hydrogen) atoms. The molecule has 0 aliphatic carbocycles. The van der Waals surface area contributed by atoms with Gasteiger partial charge in [-0.15, -0.1) is 0 Å². The number of anilines is 2. The zero-order valence-corrected chi connectivity index (χ0v) is 24.0. The molecular formula is C36H27F3N2O4. The van der Waals surface area contributed by atoms with E-state index in [1.54, 1.807) is 48.5 Å². The van der Waals surface area contributed by atoms with Gasteiger partial charge in [0.15, 0.2) is 5.78 Å². The molecule has 1 aromatic heterocycles. The Kier molecular flexibility index (Phi) is 9.09. The van der Waals surface area contributed by atoms with E-state index in [-0.39, 0.29) is 23.7 Å². The summed E-state index contributed by atoms with van der Waals surface area (Å²) in [5, 5.41) is 5.53. The van der Waals surface area contributed by atoms with E-state index in [0.717, 1.165) is 23.3 Å². The lowest BCUT2D eigenvalue weighted by Gasteiger charge is -2.13. The van der Waals surface area contributed by atoms with Crippen LogP contribution in [-0.2, 0) is 22.2 Å². The second kappa shape index (κ2) is 13.3. The smallest absolute Gasteiger partial charge is 0.416 e. The van der Waals surface area contributed by atoms with Crippen molar-refractivity contribution in [3.63, 3.8) is 0 Å². The number of aryl methyl sites for hydroxylation is 1. The maximum atomic E-state index is 13.4. The summed E-state index contributed by atoms with van der Waals surface area (Å²) < 4.78 is 44.0. The van der Waals surface area contributed by atoms with Crippen LogP contribution in [0.1, 0.15) is 38.4 Å². The molecule has 0 radical (unpaired) electrons. The first-order valence-corrected chi connectivity index (χ1v) is 13.9. The SMILES string of the molecule is Cc1ccc(CC(=O)Nc2ccc(NC(=O)/C=C/c3cc(-c4ccc(C(F)(F)F)cc4)co3)cc2C(=O)c2ccccc2)cc1. The predicted molar refractivity (Wildman–Crippen MR) is 167 cm³/mol. The first-order chi connectivity index (χ1) is 21.5. The first-order valence-electron chi connectivity index (χ1n) is 13.9. The summed E-state index contributed by atoms with van der Waals surface area (Å²) in [6.07, 6.45) is -0.283. The van der Waals surface area contributed by atoms with Crippen LogP contribution in [0.2, 0.25) is 0 Å². The van der Waals surface area contributed by atoms with Crippen molar-refractivity contribution in [2.75, 3.05) is 10.6 Å². The molecule has 2 amide bonds. The van der Waals surface area contributed by atoms with Gasteiger partial charge in [0.05, 0.1) is 23.9 Å². The third kappa shape index (κ3) is 8.03. The highest BCUT2D eigenvalue weighted by molar-refractivity contribution is 6.15. The van der Waals surface area contributed by atoms with E-state index >= 15 is 0 Å². The molecule has 226 valence electrons. The summed E-state index contributed by atoms with van der Waals surface area (Å²) >= 11 is 0. The molecule has 0 aliphatic heterocycles. The quantitative estimate of drug-likeness (QED) is 0.130. The minimum atomic E-state index is -4.43. The zero-order chi connectivity index (χ0) is 32.0. The highest BCUT2D eigenvalue weighted by atomic mass is 19.4. The minimum Gasteiger partial charge on any atom is -0.464 e. The van der Waals surface area contributed by atoms with E-state index in [1.807, 2.05) is 31.2 Å². The lowest BCUT2D eigenvalue weighted by molar-refractivity contribution is -0.137. The second-order valence-electron chi connectivity index (χ2n) is 10.3. The van der Waals surface area contributed by atoms with Crippen LogP contribution in [0, 0.1) is 6.92 Å². The molecule has 0 atom stereocenters. The number of carbonyl (C=O) groups is 3. The highest BCUT2D eigenvalue weighted by Gasteiger charge is 2.30. The topological polar surface area (TPSA) is 88.4 Å². The highest BCUT2D eigenvalue weighted by Crippen LogP contribution is 2.31. The first kappa shape index (κ1) is 30.7. The molecule has 0 saturated heterocycles. The Morgan fingerprint density at radius 2 is 1.51 bits per heavy atom. The number of hydrogen-bond donors (Lipinski definition) is 2.